The summed E-state index contributed by atoms with van der Waals surface area (Å²) in [5.41, 5.74) is 0.650. The Morgan fingerprint density at radius 3 is 2.21 bits per heavy atom. The van der Waals surface area contributed by atoms with Crippen LogP contribution in [0, 0.1) is 18.3 Å². The van der Waals surface area contributed by atoms with E-state index in [2.05, 4.69) is 16.6 Å². The number of likely N-dealkylation sites (N-methyl/N-ethyl adjacent to an activating group) is 1. The first-order chi connectivity index (χ1) is 15.9. The van der Waals surface area contributed by atoms with Crippen molar-refractivity contribution in [3.63, 3.8) is 0 Å². The third-order valence-corrected chi connectivity index (χ3v) is 5.10. The first-order valence-corrected chi connectivity index (χ1v) is 12.1. The molecule has 0 aliphatic rings. The van der Waals surface area contributed by atoms with E-state index in [-0.39, 0.29) is 24.3 Å². The number of carbonyl (C=O) groups excluding carboxylic acids is 3. The SMILES string of the molecule is C#Cc1ccc(C(C(=O)NCCCC)N(CC)C(=O)C(CC(C)C)NC(=O)OC(C)(C)C)cc1. The summed E-state index contributed by atoms with van der Waals surface area (Å²) in [4.78, 5) is 41.0. The number of hydrogen-bond donors (Lipinski definition) is 2. The number of carbonyl (C=O) groups is 3. The molecule has 0 fully saturated rings. The molecule has 1 rings (SSSR count). The number of terminal acetylenes is 1. The van der Waals surface area contributed by atoms with Crippen molar-refractivity contribution in [3.8, 4) is 12.3 Å². The predicted octanol–water partition coefficient (Wildman–Crippen LogP) is 4.41. The number of ether oxygens (including phenoxy) is 1. The van der Waals surface area contributed by atoms with Gasteiger partial charge in [-0.1, -0.05) is 45.2 Å². The van der Waals surface area contributed by atoms with Crippen LogP contribution in [0.25, 0.3) is 0 Å². The maximum absolute atomic E-state index is 13.7. The van der Waals surface area contributed by atoms with E-state index < -0.39 is 23.8 Å². The van der Waals surface area contributed by atoms with Crippen LogP contribution in [-0.2, 0) is 14.3 Å². The lowest BCUT2D eigenvalue weighted by Crippen LogP contribution is -2.53. The Morgan fingerprint density at radius 2 is 1.74 bits per heavy atom. The van der Waals surface area contributed by atoms with Gasteiger partial charge in [-0.3, -0.25) is 9.59 Å². The van der Waals surface area contributed by atoms with E-state index in [9.17, 15) is 14.4 Å². The van der Waals surface area contributed by atoms with Gasteiger partial charge in [0.2, 0.25) is 11.8 Å². The van der Waals surface area contributed by atoms with Gasteiger partial charge in [0.25, 0.3) is 0 Å². The van der Waals surface area contributed by atoms with Gasteiger partial charge in [0.05, 0.1) is 0 Å². The van der Waals surface area contributed by atoms with Gasteiger partial charge in [0, 0.05) is 18.7 Å². The summed E-state index contributed by atoms with van der Waals surface area (Å²) in [7, 11) is 0. The van der Waals surface area contributed by atoms with Crippen LogP contribution in [0.15, 0.2) is 24.3 Å². The first kappa shape index (κ1) is 29.0. The normalized spacial score (nSPS) is 12.9. The highest BCUT2D eigenvalue weighted by molar-refractivity contribution is 5.92. The van der Waals surface area contributed by atoms with Gasteiger partial charge in [-0.2, -0.15) is 0 Å². The number of alkyl carbamates (subject to hydrolysis) is 1. The number of benzene rings is 1. The van der Waals surface area contributed by atoms with Crippen molar-refractivity contribution in [2.45, 2.75) is 85.4 Å². The fourth-order valence-electron chi connectivity index (χ4n) is 3.53. The largest absolute Gasteiger partial charge is 0.444 e. The van der Waals surface area contributed by atoms with Crippen LogP contribution in [-0.4, -0.2) is 47.5 Å². The van der Waals surface area contributed by atoms with Gasteiger partial charge < -0.3 is 20.3 Å². The molecule has 0 saturated heterocycles. The average Bonchev–Trinajstić information content (AvgIpc) is 2.75. The third-order valence-electron chi connectivity index (χ3n) is 5.10. The molecular formula is C27H41N3O4. The third kappa shape index (κ3) is 9.46. The highest BCUT2D eigenvalue weighted by Crippen LogP contribution is 2.24. The summed E-state index contributed by atoms with van der Waals surface area (Å²) < 4.78 is 5.38. The Kier molecular flexibility index (Phi) is 11.6. The maximum atomic E-state index is 13.7. The molecular weight excluding hydrogens is 430 g/mol. The molecule has 188 valence electrons. The Balaban J connectivity index is 3.32. The number of unbranched alkanes of at least 4 members (excludes halogenated alkanes) is 1. The van der Waals surface area contributed by atoms with Crippen molar-refractivity contribution in [2.24, 2.45) is 5.92 Å². The summed E-state index contributed by atoms with van der Waals surface area (Å²) in [6.45, 7) is 13.9. The lowest BCUT2D eigenvalue weighted by atomic mass is 9.98. The minimum Gasteiger partial charge on any atom is -0.444 e. The molecule has 2 atom stereocenters. The van der Waals surface area contributed by atoms with E-state index in [0.717, 1.165) is 12.8 Å². The van der Waals surface area contributed by atoms with E-state index in [0.29, 0.717) is 24.1 Å². The molecule has 1 aromatic rings. The average molecular weight is 472 g/mol. The molecule has 34 heavy (non-hydrogen) atoms. The molecule has 0 radical (unpaired) electrons. The van der Waals surface area contributed by atoms with E-state index in [1.807, 2.05) is 27.7 Å². The molecule has 2 N–H and O–H groups in total. The number of nitrogens with one attached hydrogen (secondary N) is 2. The number of hydrogen-bond acceptors (Lipinski definition) is 4. The number of amides is 3. The van der Waals surface area contributed by atoms with Gasteiger partial charge in [-0.05, 0) is 64.2 Å². The maximum Gasteiger partial charge on any atom is 0.408 e. The second-order valence-electron chi connectivity index (χ2n) is 9.77. The summed E-state index contributed by atoms with van der Waals surface area (Å²) in [6.07, 6.45) is 7.01. The summed E-state index contributed by atoms with van der Waals surface area (Å²) in [6, 6.07) is 5.37. The molecule has 0 spiro atoms. The lowest BCUT2D eigenvalue weighted by Gasteiger charge is -2.34. The van der Waals surface area contributed by atoms with Crippen LogP contribution in [0.3, 0.4) is 0 Å². The fraction of sp³-hybridized carbons (Fsp3) is 0.593. The number of rotatable bonds is 11. The molecule has 2 unspecified atom stereocenters. The quantitative estimate of drug-likeness (QED) is 0.370. The van der Waals surface area contributed by atoms with E-state index >= 15 is 0 Å². The van der Waals surface area contributed by atoms with E-state index in [1.165, 1.54) is 4.90 Å². The standard InChI is InChI=1S/C27H41N3O4/c1-9-12-17-28-24(31)23(21-15-13-20(10-2)14-16-21)30(11-3)25(32)22(18-19(4)5)29-26(33)34-27(6,7)8/h2,13-16,19,22-23H,9,11-12,17-18H2,1,3-8H3,(H,28,31)(H,29,33). The van der Waals surface area contributed by atoms with E-state index in [4.69, 9.17) is 11.2 Å². The Hall–Kier alpha value is -3.01. The minimum absolute atomic E-state index is 0.134. The molecule has 0 aliphatic carbocycles. The highest BCUT2D eigenvalue weighted by Gasteiger charge is 2.35. The fourth-order valence-corrected chi connectivity index (χ4v) is 3.53. The lowest BCUT2D eigenvalue weighted by molar-refractivity contribution is -0.142. The Bertz CT molecular complexity index is 850. The molecule has 0 aliphatic heterocycles. The second-order valence-corrected chi connectivity index (χ2v) is 9.77. The molecule has 0 aromatic heterocycles. The number of nitrogens with zero attached hydrogens (tertiary/aromatic N) is 1. The van der Waals surface area contributed by atoms with Gasteiger partial charge in [-0.25, -0.2) is 4.79 Å². The van der Waals surface area contributed by atoms with Crippen molar-refractivity contribution in [1.82, 2.24) is 15.5 Å². The van der Waals surface area contributed by atoms with E-state index in [1.54, 1.807) is 45.0 Å². The van der Waals surface area contributed by atoms with Crippen LogP contribution >= 0.6 is 0 Å². The summed E-state index contributed by atoms with van der Waals surface area (Å²) in [5, 5.41) is 5.67. The Labute approximate surface area is 205 Å². The molecule has 1 aromatic carbocycles. The molecule has 0 saturated carbocycles. The smallest absolute Gasteiger partial charge is 0.408 e. The van der Waals surface area contributed by atoms with Crippen LogP contribution in [0.4, 0.5) is 4.79 Å². The zero-order valence-electron chi connectivity index (χ0n) is 21.7. The molecule has 0 bridgehead atoms. The molecule has 7 nitrogen and oxygen atoms in total. The van der Waals surface area contributed by atoms with Crippen molar-refractivity contribution in [2.75, 3.05) is 13.1 Å². The van der Waals surface area contributed by atoms with Gasteiger partial charge in [0.15, 0.2) is 0 Å². The summed E-state index contributed by atoms with van der Waals surface area (Å²) in [5.74, 6) is 2.10. The molecule has 7 heteroatoms. The minimum atomic E-state index is -0.851. The second kappa shape index (κ2) is 13.6. The zero-order valence-corrected chi connectivity index (χ0v) is 21.7. The molecule has 0 heterocycles. The van der Waals surface area contributed by atoms with Crippen molar-refractivity contribution in [1.29, 1.82) is 0 Å². The first-order valence-electron chi connectivity index (χ1n) is 12.1. The predicted molar refractivity (Wildman–Crippen MR) is 135 cm³/mol. The van der Waals surface area contributed by atoms with Gasteiger partial charge >= 0.3 is 6.09 Å². The van der Waals surface area contributed by atoms with Crippen molar-refractivity contribution in [3.05, 3.63) is 35.4 Å². The monoisotopic (exact) mass is 471 g/mol. The van der Waals surface area contributed by atoms with Crippen LogP contribution in [0.1, 0.15) is 84.9 Å². The van der Waals surface area contributed by atoms with Gasteiger partial charge in [-0.15, -0.1) is 6.42 Å². The van der Waals surface area contributed by atoms with Gasteiger partial charge in [0.1, 0.15) is 17.7 Å². The zero-order chi connectivity index (χ0) is 25.9. The summed E-state index contributed by atoms with van der Waals surface area (Å²) >= 11 is 0. The Morgan fingerprint density at radius 1 is 1.12 bits per heavy atom. The molecule has 3 amide bonds. The van der Waals surface area contributed by atoms with Crippen LogP contribution < -0.4 is 10.6 Å². The topological polar surface area (TPSA) is 87.7 Å². The van der Waals surface area contributed by atoms with Crippen LogP contribution in [0.2, 0.25) is 0 Å². The van der Waals surface area contributed by atoms with Crippen molar-refractivity contribution < 1.29 is 19.1 Å². The highest BCUT2D eigenvalue weighted by atomic mass is 16.6. The van der Waals surface area contributed by atoms with Crippen LogP contribution in [0.5, 0.6) is 0 Å². The van der Waals surface area contributed by atoms with Crippen molar-refractivity contribution >= 4 is 17.9 Å².